The van der Waals surface area contributed by atoms with E-state index in [1.165, 1.54) is 6.92 Å². The van der Waals surface area contributed by atoms with Crippen molar-refractivity contribution in [2.45, 2.75) is 20.8 Å². The number of carbonyl (C=O) groups is 5. The maximum Gasteiger partial charge on any atom is 0.334 e. The fraction of sp³-hybridized carbons (Fsp3) is 0.312. The van der Waals surface area contributed by atoms with E-state index in [2.05, 4.69) is 5.32 Å². The number of imide groups is 3. The molecular formula is C16H18N4O5. The molecule has 0 aromatic heterocycles. The Labute approximate surface area is 144 Å². The van der Waals surface area contributed by atoms with Crippen LogP contribution >= 0.6 is 0 Å². The molecule has 7 amide bonds. The maximum absolute atomic E-state index is 11.9. The maximum atomic E-state index is 11.9. The zero-order valence-electron chi connectivity index (χ0n) is 14.1. The molecule has 2 N–H and O–H groups in total. The number of hydrogen-bond acceptors (Lipinski definition) is 5. The van der Waals surface area contributed by atoms with Crippen molar-refractivity contribution in [3.63, 3.8) is 0 Å². The molecule has 9 nitrogen and oxygen atoms in total. The number of nitrogens with zero attached hydrogens (tertiary/aromatic N) is 2. The van der Waals surface area contributed by atoms with Gasteiger partial charge in [0.15, 0.2) is 0 Å². The van der Waals surface area contributed by atoms with Gasteiger partial charge in [-0.2, -0.15) is 0 Å². The van der Waals surface area contributed by atoms with Crippen LogP contribution in [-0.4, -0.2) is 52.7 Å². The van der Waals surface area contributed by atoms with Gasteiger partial charge in [-0.3, -0.25) is 24.6 Å². The number of carbonyl (C=O) groups excluding carboxylic acids is 5. The summed E-state index contributed by atoms with van der Waals surface area (Å²) in [6.07, 6.45) is 0. The Balaban J connectivity index is 1.96. The van der Waals surface area contributed by atoms with Crippen LogP contribution in [0.4, 0.5) is 15.3 Å². The highest BCUT2D eigenvalue weighted by atomic mass is 16.2. The van der Waals surface area contributed by atoms with Gasteiger partial charge in [0.2, 0.25) is 5.91 Å². The van der Waals surface area contributed by atoms with E-state index in [0.29, 0.717) is 10.6 Å². The van der Waals surface area contributed by atoms with E-state index >= 15 is 0 Å². The van der Waals surface area contributed by atoms with Crippen molar-refractivity contribution in [1.29, 1.82) is 0 Å². The minimum atomic E-state index is -1.09. The first-order valence-corrected chi connectivity index (χ1v) is 7.60. The van der Waals surface area contributed by atoms with Crippen LogP contribution in [0.25, 0.3) is 0 Å². The topological polar surface area (TPSA) is 116 Å². The minimum Gasteiger partial charge on any atom is -0.307 e. The van der Waals surface area contributed by atoms with Gasteiger partial charge >= 0.3 is 23.9 Å². The van der Waals surface area contributed by atoms with Crippen molar-refractivity contribution in [3.8, 4) is 0 Å². The van der Waals surface area contributed by atoms with E-state index in [1.807, 2.05) is 18.3 Å². The molecule has 0 radical (unpaired) electrons. The Bertz CT molecular complexity index is 774. The monoisotopic (exact) mass is 346 g/mol. The summed E-state index contributed by atoms with van der Waals surface area (Å²) < 4.78 is 0. The first kappa shape index (κ1) is 18.1. The molecule has 1 aromatic rings. The van der Waals surface area contributed by atoms with Crippen LogP contribution in [0.2, 0.25) is 0 Å². The number of aryl methyl sites for hydroxylation is 2. The molecule has 1 saturated heterocycles. The number of urea groups is 2. The zero-order chi connectivity index (χ0) is 18.7. The highest BCUT2D eigenvalue weighted by Gasteiger charge is 2.44. The summed E-state index contributed by atoms with van der Waals surface area (Å²) in [4.78, 5) is 60.1. The minimum absolute atomic E-state index is 0.0225. The molecule has 0 aliphatic carbocycles. The first-order chi connectivity index (χ1) is 11.7. The molecule has 0 unspecified atom stereocenters. The summed E-state index contributed by atoms with van der Waals surface area (Å²) in [6, 6.07) is 3.69. The number of benzene rings is 1. The normalized spacial score (nSPS) is 14.1. The third kappa shape index (κ3) is 3.82. The molecule has 9 heteroatoms. The van der Waals surface area contributed by atoms with Crippen LogP contribution in [0.3, 0.4) is 0 Å². The van der Waals surface area contributed by atoms with E-state index in [4.69, 9.17) is 0 Å². The van der Waals surface area contributed by atoms with Gasteiger partial charge in [0.05, 0.1) is 0 Å². The molecular weight excluding hydrogens is 328 g/mol. The third-order valence-electron chi connectivity index (χ3n) is 3.64. The van der Waals surface area contributed by atoms with E-state index in [9.17, 15) is 24.0 Å². The first-order valence-electron chi connectivity index (χ1n) is 7.60. The highest BCUT2D eigenvalue weighted by Crippen LogP contribution is 2.15. The van der Waals surface area contributed by atoms with Crippen LogP contribution in [0.5, 0.6) is 0 Å². The van der Waals surface area contributed by atoms with E-state index in [1.54, 1.807) is 19.1 Å². The lowest BCUT2D eigenvalue weighted by Crippen LogP contribution is -2.44. The molecule has 1 aliphatic rings. The predicted octanol–water partition coefficient (Wildman–Crippen LogP) is 0.762. The second kappa shape index (κ2) is 7.12. The van der Waals surface area contributed by atoms with Gasteiger partial charge < -0.3 is 5.32 Å². The highest BCUT2D eigenvalue weighted by molar-refractivity contribution is 6.45. The fourth-order valence-electron chi connectivity index (χ4n) is 2.39. The molecule has 1 fully saturated rings. The largest absolute Gasteiger partial charge is 0.334 e. The zero-order valence-corrected chi connectivity index (χ0v) is 14.1. The Morgan fingerprint density at radius 3 is 2.24 bits per heavy atom. The fourth-order valence-corrected chi connectivity index (χ4v) is 2.39. The van der Waals surface area contributed by atoms with Gasteiger partial charge in [-0.25, -0.2) is 14.5 Å². The summed E-state index contributed by atoms with van der Waals surface area (Å²) in [5.74, 6) is -2.95. The van der Waals surface area contributed by atoms with Gasteiger partial charge in [0, 0.05) is 12.2 Å². The standard InChI is InChI=1S/C16H18N4O5/c1-4-19-13(22)14(23)20(16(19)25)8-12(21)18-15(24)17-11-6-5-9(2)7-10(11)3/h5-7H,4,8H2,1-3H3,(H2,17,18,21,24). The molecule has 0 bridgehead atoms. The van der Waals surface area contributed by atoms with E-state index < -0.39 is 36.3 Å². The average Bonchev–Trinajstić information content (AvgIpc) is 2.73. The average molecular weight is 346 g/mol. The van der Waals surface area contributed by atoms with Crippen molar-refractivity contribution in [1.82, 2.24) is 15.1 Å². The van der Waals surface area contributed by atoms with Crippen LogP contribution in [0, 0.1) is 13.8 Å². The molecule has 1 aliphatic heterocycles. The molecule has 0 saturated carbocycles. The molecule has 0 atom stereocenters. The van der Waals surface area contributed by atoms with Crippen molar-refractivity contribution in [2.75, 3.05) is 18.4 Å². The Morgan fingerprint density at radius 1 is 1.04 bits per heavy atom. The quantitative estimate of drug-likeness (QED) is 0.617. The summed E-state index contributed by atoms with van der Waals surface area (Å²) >= 11 is 0. The molecule has 25 heavy (non-hydrogen) atoms. The van der Waals surface area contributed by atoms with Gasteiger partial charge in [0.25, 0.3) is 0 Å². The second-order valence-electron chi connectivity index (χ2n) is 5.54. The molecule has 1 aromatic carbocycles. The lowest BCUT2D eigenvalue weighted by atomic mass is 10.1. The van der Waals surface area contributed by atoms with Gasteiger partial charge in [0.1, 0.15) is 6.54 Å². The molecule has 2 rings (SSSR count). The van der Waals surface area contributed by atoms with Crippen LogP contribution < -0.4 is 10.6 Å². The Morgan fingerprint density at radius 2 is 1.68 bits per heavy atom. The third-order valence-corrected chi connectivity index (χ3v) is 3.64. The number of amides is 7. The van der Waals surface area contributed by atoms with Crippen molar-refractivity contribution in [2.24, 2.45) is 0 Å². The second-order valence-corrected chi connectivity index (χ2v) is 5.54. The SMILES string of the molecule is CCN1C(=O)C(=O)N(CC(=O)NC(=O)Nc2ccc(C)cc2C)C1=O. The van der Waals surface area contributed by atoms with Crippen molar-refractivity contribution in [3.05, 3.63) is 29.3 Å². The van der Waals surface area contributed by atoms with Gasteiger partial charge in [-0.1, -0.05) is 17.7 Å². The number of hydrogen-bond donors (Lipinski definition) is 2. The number of nitrogens with one attached hydrogen (secondary N) is 2. The smallest absolute Gasteiger partial charge is 0.307 e. The van der Waals surface area contributed by atoms with Crippen LogP contribution in [0.15, 0.2) is 18.2 Å². The van der Waals surface area contributed by atoms with Gasteiger partial charge in [-0.15, -0.1) is 0 Å². The van der Waals surface area contributed by atoms with Gasteiger partial charge in [-0.05, 0) is 32.4 Å². The molecule has 132 valence electrons. The Kier molecular flexibility index (Phi) is 5.16. The predicted molar refractivity (Wildman–Crippen MR) is 87.6 cm³/mol. The summed E-state index contributed by atoms with van der Waals surface area (Å²) in [6.45, 7) is 4.56. The molecule has 0 spiro atoms. The van der Waals surface area contributed by atoms with Crippen molar-refractivity contribution >= 4 is 35.5 Å². The van der Waals surface area contributed by atoms with Crippen LogP contribution in [0.1, 0.15) is 18.1 Å². The van der Waals surface area contributed by atoms with E-state index in [-0.39, 0.29) is 6.54 Å². The number of likely N-dealkylation sites (N-methyl/N-ethyl adjacent to an activating group) is 1. The summed E-state index contributed by atoms with van der Waals surface area (Å²) in [5.41, 5.74) is 2.36. The number of anilines is 1. The molecule has 1 heterocycles. The summed E-state index contributed by atoms with van der Waals surface area (Å²) in [7, 11) is 0. The summed E-state index contributed by atoms with van der Waals surface area (Å²) in [5, 5.41) is 4.53. The lowest BCUT2D eigenvalue weighted by Gasteiger charge is -2.14. The van der Waals surface area contributed by atoms with Crippen molar-refractivity contribution < 1.29 is 24.0 Å². The van der Waals surface area contributed by atoms with Crippen LogP contribution in [-0.2, 0) is 14.4 Å². The lowest BCUT2D eigenvalue weighted by molar-refractivity contribution is -0.143. The number of rotatable bonds is 4. The van der Waals surface area contributed by atoms with E-state index in [0.717, 1.165) is 16.0 Å². The Hall–Kier alpha value is -3.23.